The zero-order chi connectivity index (χ0) is 15.4. The molecule has 0 spiro atoms. The predicted octanol–water partition coefficient (Wildman–Crippen LogP) is 3.23. The van der Waals surface area contributed by atoms with E-state index in [1.807, 2.05) is 36.7 Å². The molecule has 5 heteroatoms. The van der Waals surface area contributed by atoms with Crippen LogP contribution < -0.4 is 0 Å². The molecule has 1 aromatic carbocycles. The van der Waals surface area contributed by atoms with Crippen molar-refractivity contribution in [2.45, 2.75) is 24.3 Å². The topological polar surface area (TPSA) is 49.0 Å². The summed E-state index contributed by atoms with van der Waals surface area (Å²) in [7, 11) is 0. The normalized spacial score (nSPS) is 19.2. The van der Waals surface area contributed by atoms with Gasteiger partial charge in [0.25, 0.3) is 0 Å². The number of carbonyl (C=O) groups excluding carboxylic acids is 1. The van der Waals surface area contributed by atoms with Crippen LogP contribution in [0.15, 0.2) is 41.6 Å². The first-order valence-corrected chi connectivity index (χ1v) is 8.87. The summed E-state index contributed by atoms with van der Waals surface area (Å²) in [5.74, 6) is 1.35. The number of likely N-dealkylation sites (tertiary alicyclic amines) is 1. The standard InChI is InChI=1S/C17H21N3OS/c1-22-15-6-4-13(5-7-15)17(21)14-3-2-10-20(11-14)12-16-18-8-9-19-16/h4-9,14H,2-3,10-12H2,1H3,(H,18,19). The average molecular weight is 315 g/mol. The van der Waals surface area contributed by atoms with Gasteiger partial charge in [-0.3, -0.25) is 9.69 Å². The monoisotopic (exact) mass is 315 g/mol. The third-order valence-corrected chi connectivity index (χ3v) is 4.92. The maximum Gasteiger partial charge on any atom is 0.167 e. The zero-order valence-electron chi connectivity index (χ0n) is 12.8. The highest BCUT2D eigenvalue weighted by Crippen LogP contribution is 2.23. The van der Waals surface area contributed by atoms with E-state index in [-0.39, 0.29) is 11.7 Å². The van der Waals surface area contributed by atoms with Crippen LogP contribution in [-0.2, 0) is 6.54 Å². The second kappa shape index (κ2) is 7.11. The number of benzene rings is 1. The molecule has 1 aromatic heterocycles. The van der Waals surface area contributed by atoms with E-state index in [0.29, 0.717) is 0 Å². The molecular weight excluding hydrogens is 294 g/mol. The summed E-state index contributed by atoms with van der Waals surface area (Å²) in [6.07, 6.45) is 7.71. The summed E-state index contributed by atoms with van der Waals surface area (Å²) in [5, 5.41) is 0. The minimum absolute atomic E-state index is 0.101. The van der Waals surface area contributed by atoms with Gasteiger partial charge in [-0.2, -0.15) is 0 Å². The summed E-state index contributed by atoms with van der Waals surface area (Å²) < 4.78 is 0. The van der Waals surface area contributed by atoms with Crippen LogP contribution in [0.5, 0.6) is 0 Å². The van der Waals surface area contributed by atoms with Gasteiger partial charge in [-0.05, 0) is 37.8 Å². The van der Waals surface area contributed by atoms with E-state index in [1.54, 1.807) is 18.0 Å². The van der Waals surface area contributed by atoms with Crippen molar-refractivity contribution in [1.29, 1.82) is 0 Å². The van der Waals surface area contributed by atoms with Crippen molar-refractivity contribution in [1.82, 2.24) is 14.9 Å². The maximum absolute atomic E-state index is 12.7. The average Bonchev–Trinajstić information content (AvgIpc) is 3.07. The Morgan fingerprint density at radius 3 is 2.91 bits per heavy atom. The number of aromatic amines is 1. The third-order valence-electron chi connectivity index (χ3n) is 4.18. The molecule has 0 bridgehead atoms. The molecule has 1 aliphatic heterocycles. The molecule has 22 heavy (non-hydrogen) atoms. The number of thioether (sulfide) groups is 1. The van der Waals surface area contributed by atoms with Crippen molar-refractivity contribution in [3.8, 4) is 0 Å². The number of aromatic nitrogens is 2. The Morgan fingerprint density at radius 2 is 2.23 bits per heavy atom. The van der Waals surface area contributed by atoms with Crippen molar-refractivity contribution in [3.05, 3.63) is 48.0 Å². The highest BCUT2D eigenvalue weighted by molar-refractivity contribution is 7.98. The van der Waals surface area contributed by atoms with Crippen molar-refractivity contribution >= 4 is 17.5 Å². The van der Waals surface area contributed by atoms with Gasteiger partial charge >= 0.3 is 0 Å². The highest BCUT2D eigenvalue weighted by Gasteiger charge is 2.26. The van der Waals surface area contributed by atoms with Gasteiger partial charge in [0, 0.05) is 35.3 Å². The zero-order valence-corrected chi connectivity index (χ0v) is 13.6. The number of carbonyl (C=O) groups is 1. The molecule has 1 unspecified atom stereocenters. The lowest BCUT2D eigenvalue weighted by Gasteiger charge is -2.31. The quantitative estimate of drug-likeness (QED) is 0.680. The fourth-order valence-corrected chi connectivity index (χ4v) is 3.41. The molecule has 2 heterocycles. The van der Waals surface area contributed by atoms with E-state index in [2.05, 4.69) is 14.9 Å². The van der Waals surface area contributed by atoms with Gasteiger partial charge in [-0.15, -0.1) is 11.8 Å². The number of hydrogen-bond acceptors (Lipinski definition) is 4. The molecule has 1 aliphatic rings. The van der Waals surface area contributed by atoms with Crippen LogP contribution in [0, 0.1) is 5.92 Å². The molecule has 0 aliphatic carbocycles. The molecule has 0 saturated carbocycles. The molecule has 3 rings (SSSR count). The highest BCUT2D eigenvalue weighted by atomic mass is 32.2. The van der Waals surface area contributed by atoms with Crippen LogP contribution in [0.2, 0.25) is 0 Å². The van der Waals surface area contributed by atoms with E-state index in [9.17, 15) is 4.79 Å². The lowest BCUT2D eigenvalue weighted by Crippen LogP contribution is -2.38. The van der Waals surface area contributed by atoms with Gasteiger partial charge in [0.1, 0.15) is 5.82 Å². The van der Waals surface area contributed by atoms with Gasteiger partial charge in [-0.25, -0.2) is 4.98 Å². The van der Waals surface area contributed by atoms with E-state index in [1.165, 1.54) is 4.90 Å². The summed E-state index contributed by atoms with van der Waals surface area (Å²) in [5.41, 5.74) is 0.836. The maximum atomic E-state index is 12.7. The molecule has 0 radical (unpaired) electrons. The molecule has 1 saturated heterocycles. The summed E-state index contributed by atoms with van der Waals surface area (Å²) in [6.45, 7) is 2.65. The van der Waals surface area contributed by atoms with E-state index < -0.39 is 0 Å². The summed E-state index contributed by atoms with van der Waals surface area (Å²) >= 11 is 1.70. The number of nitrogens with one attached hydrogen (secondary N) is 1. The number of imidazole rings is 1. The lowest BCUT2D eigenvalue weighted by molar-refractivity contribution is 0.0808. The molecule has 1 fully saturated rings. The Bertz CT molecular complexity index is 609. The largest absolute Gasteiger partial charge is 0.348 e. The Balaban J connectivity index is 1.64. The molecule has 116 valence electrons. The number of piperidine rings is 1. The molecular formula is C17H21N3OS. The van der Waals surface area contributed by atoms with E-state index >= 15 is 0 Å². The van der Waals surface area contributed by atoms with Crippen LogP contribution >= 0.6 is 11.8 Å². The minimum Gasteiger partial charge on any atom is -0.348 e. The first-order valence-electron chi connectivity index (χ1n) is 7.65. The smallest absolute Gasteiger partial charge is 0.167 e. The van der Waals surface area contributed by atoms with Crippen molar-refractivity contribution < 1.29 is 4.79 Å². The molecule has 1 N–H and O–H groups in total. The molecule has 2 aromatic rings. The number of nitrogens with zero attached hydrogens (tertiary/aromatic N) is 2. The van der Waals surface area contributed by atoms with Crippen LogP contribution in [0.1, 0.15) is 29.0 Å². The van der Waals surface area contributed by atoms with Gasteiger partial charge in [-0.1, -0.05) is 12.1 Å². The van der Waals surface area contributed by atoms with Crippen LogP contribution in [-0.4, -0.2) is 40.0 Å². The molecule has 4 nitrogen and oxygen atoms in total. The summed E-state index contributed by atoms with van der Waals surface area (Å²) in [6, 6.07) is 7.97. The lowest BCUT2D eigenvalue weighted by atomic mass is 9.90. The van der Waals surface area contributed by atoms with Crippen LogP contribution in [0.25, 0.3) is 0 Å². The summed E-state index contributed by atoms with van der Waals surface area (Å²) in [4.78, 5) is 23.6. The van der Waals surface area contributed by atoms with Gasteiger partial charge in [0.05, 0.1) is 6.54 Å². The Kier molecular flexibility index (Phi) is 4.95. The molecule has 1 atom stereocenters. The van der Waals surface area contributed by atoms with Gasteiger partial charge in [0.2, 0.25) is 0 Å². The Hall–Kier alpha value is -1.59. The fourth-order valence-electron chi connectivity index (χ4n) is 3.00. The van der Waals surface area contributed by atoms with Crippen LogP contribution in [0.3, 0.4) is 0 Å². The van der Waals surface area contributed by atoms with Crippen LogP contribution in [0.4, 0.5) is 0 Å². The van der Waals surface area contributed by atoms with Gasteiger partial charge in [0.15, 0.2) is 5.78 Å². The first kappa shape index (κ1) is 15.3. The Labute approximate surface area is 135 Å². The molecule has 0 amide bonds. The SMILES string of the molecule is CSc1ccc(C(=O)C2CCCN(Cc3ncc[nH]3)C2)cc1. The van der Waals surface area contributed by atoms with E-state index in [4.69, 9.17) is 0 Å². The van der Waals surface area contributed by atoms with E-state index in [0.717, 1.165) is 43.9 Å². The van der Waals surface area contributed by atoms with Crippen molar-refractivity contribution in [2.24, 2.45) is 5.92 Å². The fraction of sp³-hybridized carbons (Fsp3) is 0.412. The van der Waals surface area contributed by atoms with Crippen molar-refractivity contribution in [3.63, 3.8) is 0 Å². The number of Topliss-reactive ketones (excluding diaryl/α,β-unsaturated/α-hetero) is 1. The third kappa shape index (κ3) is 3.59. The number of ketones is 1. The van der Waals surface area contributed by atoms with Crippen molar-refractivity contribution in [2.75, 3.05) is 19.3 Å². The first-order chi connectivity index (χ1) is 10.8. The second-order valence-corrected chi connectivity index (χ2v) is 6.58. The predicted molar refractivity (Wildman–Crippen MR) is 89.1 cm³/mol. The second-order valence-electron chi connectivity index (χ2n) is 5.70. The van der Waals surface area contributed by atoms with Gasteiger partial charge < -0.3 is 4.98 Å². The number of H-pyrrole nitrogens is 1. The number of hydrogen-bond donors (Lipinski definition) is 1. The Morgan fingerprint density at radius 1 is 1.41 bits per heavy atom. The number of rotatable bonds is 5. The minimum atomic E-state index is 0.101.